The molecular formula is C24H39N3O6S. The highest BCUT2D eigenvalue weighted by Gasteiger charge is 2.31. The van der Waals surface area contributed by atoms with Gasteiger partial charge in [0.15, 0.2) is 0 Å². The van der Waals surface area contributed by atoms with E-state index in [4.69, 9.17) is 14.2 Å². The standard InChI is InChI=1S/C24H39N3O6S/c1-4-7-16-34(29,30)27-10-8-19(9-11-27)24(28)25-20-17-23(33-6-3)21(18-22(20)32-5-2)26-12-14-31-15-13-26/h17-19H,4-16H2,1-3H3,(H,25,28). The van der Waals surface area contributed by atoms with E-state index < -0.39 is 10.0 Å². The normalized spacial score (nSPS) is 18.0. The lowest BCUT2D eigenvalue weighted by molar-refractivity contribution is -0.120. The molecule has 10 heteroatoms. The van der Waals surface area contributed by atoms with Crippen LogP contribution in [0, 0.1) is 5.92 Å². The summed E-state index contributed by atoms with van der Waals surface area (Å²) in [4.78, 5) is 15.3. The van der Waals surface area contributed by atoms with Gasteiger partial charge in [-0.05, 0) is 33.1 Å². The summed E-state index contributed by atoms with van der Waals surface area (Å²) < 4.78 is 43.7. The molecule has 0 aromatic heterocycles. The van der Waals surface area contributed by atoms with Crippen molar-refractivity contribution in [2.24, 2.45) is 5.92 Å². The number of nitrogens with one attached hydrogen (secondary N) is 1. The Bertz CT molecular complexity index is 910. The van der Waals surface area contributed by atoms with Gasteiger partial charge in [-0.1, -0.05) is 13.3 Å². The maximum absolute atomic E-state index is 13.1. The molecule has 0 aliphatic carbocycles. The van der Waals surface area contributed by atoms with Crippen LogP contribution in [0.4, 0.5) is 11.4 Å². The number of morpholine rings is 1. The molecule has 3 rings (SSSR count). The molecule has 34 heavy (non-hydrogen) atoms. The summed E-state index contributed by atoms with van der Waals surface area (Å²) >= 11 is 0. The van der Waals surface area contributed by atoms with E-state index in [1.54, 1.807) is 0 Å². The molecule has 0 unspecified atom stereocenters. The summed E-state index contributed by atoms with van der Waals surface area (Å²) in [6.45, 7) is 10.4. The van der Waals surface area contributed by atoms with E-state index in [-0.39, 0.29) is 17.6 Å². The zero-order chi connectivity index (χ0) is 24.6. The molecule has 2 saturated heterocycles. The smallest absolute Gasteiger partial charge is 0.227 e. The van der Waals surface area contributed by atoms with E-state index in [9.17, 15) is 13.2 Å². The number of sulfonamides is 1. The molecule has 1 amide bonds. The quantitative estimate of drug-likeness (QED) is 0.502. The van der Waals surface area contributed by atoms with Crippen molar-refractivity contribution >= 4 is 27.3 Å². The van der Waals surface area contributed by atoms with E-state index in [1.807, 2.05) is 32.9 Å². The largest absolute Gasteiger partial charge is 0.492 e. The van der Waals surface area contributed by atoms with Gasteiger partial charge in [-0.15, -0.1) is 0 Å². The van der Waals surface area contributed by atoms with Crippen molar-refractivity contribution in [3.05, 3.63) is 12.1 Å². The lowest BCUT2D eigenvalue weighted by Gasteiger charge is -2.32. The van der Waals surface area contributed by atoms with Crippen LogP contribution in [0.15, 0.2) is 12.1 Å². The van der Waals surface area contributed by atoms with E-state index in [0.717, 1.165) is 25.2 Å². The molecule has 2 aliphatic rings. The van der Waals surface area contributed by atoms with E-state index >= 15 is 0 Å². The molecule has 9 nitrogen and oxygen atoms in total. The summed E-state index contributed by atoms with van der Waals surface area (Å²) in [5, 5.41) is 3.03. The van der Waals surface area contributed by atoms with Crippen molar-refractivity contribution in [3.63, 3.8) is 0 Å². The number of piperidine rings is 1. The fraction of sp³-hybridized carbons (Fsp3) is 0.708. The first-order valence-corrected chi connectivity index (χ1v) is 14.1. The molecule has 2 aliphatic heterocycles. The van der Waals surface area contributed by atoms with Gasteiger partial charge in [-0.25, -0.2) is 12.7 Å². The number of nitrogens with zero attached hydrogens (tertiary/aromatic N) is 2. The molecule has 0 spiro atoms. The molecule has 0 atom stereocenters. The van der Waals surface area contributed by atoms with Crippen LogP contribution in [-0.2, 0) is 19.6 Å². The van der Waals surface area contributed by atoms with Crippen LogP contribution in [0.5, 0.6) is 11.5 Å². The van der Waals surface area contributed by atoms with Gasteiger partial charge in [0.05, 0.1) is 43.6 Å². The van der Waals surface area contributed by atoms with Gasteiger partial charge in [0.1, 0.15) is 11.5 Å². The zero-order valence-corrected chi connectivity index (χ0v) is 21.5. The second kappa shape index (κ2) is 12.6. The highest BCUT2D eigenvalue weighted by atomic mass is 32.2. The lowest BCUT2D eigenvalue weighted by Crippen LogP contribution is -2.42. The highest BCUT2D eigenvalue weighted by molar-refractivity contribution is 7.89. The SMILES string of the molecule is CCCCS(=O)(=O)N1CCC(C(=O)Nc2cc(OCC)c(N3CCOCC3)cc2OCC)CC1. The molecule has 0 radical (unpaired) electrons. The second-order valence-corrected chi connectivity index (χ2v) is 10.7. The van der Waals surface area contributed by atoms with Gasteiger partial charge >= 0.3 is 0 Å². The number of rotatable bonds is 11. The lowest BCUT2D eigenvalue weighted by atomic mass is 9.97. The first-order valence-electron chi connectivity index (χ1n) is 12.4. The Labute approximate surface area is 203 Å². The summed E-state index contributed by atoms with van der Waals surface area (Å²) in [7, 11) is -3.24. The van der Waals surface area contributed by atoms with Gasteiger partial charge in [-0.2, -0.15) is 0 Å². The Kier molecular flexibility index (Phi) is 9.85. The molecule has 1 aromatic rings. The summed E-state index contributed by atoms with van der Waals surface area (Å²) in [5.74, 6) is 1.10. The minimum absolute atomic E-state index is 0.117. The second-order valence-electron chi connectivity index (χ2n) is 8.61. The van der Waals surface area contributed by atoms with Crippen LogP contribution in [-0.4, -0.2) is 77.0 Å². The summed E-state index contributed by atoms with van der Waals surface area (Å²) in [6.07, 6.45) is 2.51. The number of carbonyl (C=O) groups is 1. The summed E-state index contributed by atoms with van der Waals surface area (Å²) in [5.41, 5.74) is 1.50. The molecule has 2 fully saturated rings. The van der Waals surface area contributed by atoms with Crippen LogP contribution in [0.3, 0.4) is 0 Å². The third-order valence-electron chi connectivity index (χ3n) is 6.24. The average Bonchev–Trinajstić information content (AvgIpc) is 2.85. The first kappa shape index (κ1) is 26.6. The molecule has 0 bridgehead atoms. The van der Waals surface area contributed by atoms with E-state index in [0.29, 0.717) is 76.0 Å². The minimum Gasteiger partial charge on any atom is -0.492 e. The van der Waals surface area contributed by atoms with Gasteiger partial charge in [0.25, 0.3) is 0 Å². The molecule has 0 saturated carbocycles. The van der Waals surface area contributed by atoms with Gasteiger partial charge in [0.2, 0.25) is 15.9 Å². The fourth-order valence-electron chi connectivity index (χ4n) is 4.33. The zero-order valence-electron chi connectivity index (χ0n) is 20.7. The first-order chi connectivity index (χ1) is 16.4. The Hall–Kier alpha value is -2.04. The van der Waals surface area contributed by atoms with Crippen molar-refractivity contribution in [2.45, 2.75) is 46.5 Å². The molecular weight excluding hydrogens is 458 g/mol. The van der Waals surface area contributed by atoms with Crippen molar-refractivity contribution in [1.82, 2.24) is 4.31 Å². The van der Waals surface area contributed by atoms with Crippen LogP contribution in [0.25, 0.3) is 0 Å². The van der Waals surface area contributed by atoms with Gasteiger partial charge < -0.3 is 24.4 Å². The average molecular weight is 498 g/mol. The van der Waals surface area contributed by atoms with Crippen molar-refractivity contribution in [2.75, 3.05) is 68.6 Å². The molecule has 2 heterocycles. The van der Waals surface area contributed by atoms with Crippen molar-refractivity contribution in [1.29, 1.82) is 0 Å². The molecule has 192 valence electrons. The number of amides is 1. The Morgan fingerprint density at radius 3 is 2.29 bits per heavy atom. The van der Waals surface area contributed by atoms with Crippen molar-refractivity contribution in [3.8, 4) is 11.5 Å². The maximum atomic E-state index is 13.1. The predicted octanol–water partition coefficient (Wildman–Crippen LogP) is 3.10. The number of hydrogen-bond donors (Lipinski definition) is 1. The number of ether oxygens (including phenoxy) is 3. The van der Waals surface area contributed by atoms with Crippen LogP contribution in [0.1, 0.15) is 46.5 Å². The fourth-order valence-corrected chi connectivity index (χ4v) is 6.01. The van der Waals surface area contributed by atoms with Crippen LogP contribution >= 0.6 is 0 Å². The maximum Gasteiger partial charge on any atom is 0.227 e. The monoisotopic (exact) mass is 497 g/mol. The van der Waals surface area contributed by atoms with Crippen LogP contribution < -0.4 is 19.7 Å². The highest BCUT2D eigenvalue weighted by Crippen LogP contribution is 2.39. The third kappa shape index (κ3) is 6.76. The van der Waals surface area contributed by atoms with E-state index in [2.05, 4.69) is 10.2 Å². The number of carbonyl (C=O) groups excluding carboxylic acids is 1. The van der Waals surface area contributed by atoms with E-state index in [1.165, 1.54) is 4.31 Å². The van der Waals surface area contributed by atoms with Crippen molar-refractivity contribution < 1.29 is 27.4 Å². The van der Waals surface area contributed by atoms with Gasteiger partial charge in [0, 0.05) is 44.2 Å². The number of benzene rings is 1. The number of anilines is 2. The van der Waals surface area contributed by atoms with Crippen LogP contribution in [0.2, 0.25) is 0 Å². The Morgan fingerprint density at radius 2 is 1.68 bits per heavy atom. The summed E-state index contributed by atoms with van der Waals surface area (Å²) in [6, 6.07) is 3.76. The Balaban J connectivity index is 1.72. The minimum atomic E-state index is -3.24. The molecule has 1 aromatic carbocycles. The Morgan fingerprint density at radius 1 is 1.03 bits per heavy atom. The van der Waals surface area contributed by atoms with Gasteiger partial charge in [-0.3, -0.25) is 4.79 Å². The molecule has 1 N–H and O–H groups in total. The third-order valence-corrected chi connectivity index (χ3v) is 8.20. The number of unbranched alkanes of at least 4 members (excludes halogenated alkanes) is 1. The predicted molar refractivity (Wildman–Crippen MR) is 133 cm³/mol. The number of hydrogen-bond acceptors (Lipinski definition) is 7. The topological polar surface area (TPSA) is 97.4 Å².